The van der Waals surface area contributed by atoms with Gasteiger partial charge >= 0.3 is 0 Å². The zero-order chi connectivity index (χ0) is 16.1. The summed E-state index contributed by atoms with van der Waals surface area (Å²) in [7, 11) is 1.56. The Bertz CT molecular complexity index is 740. The summed E-state index contributed by atoms with van der Waals surface area (Å²) < 4.78 is 6.60. The first-order valence-electron chi connectivity index (χ1n) is 6.76. The zero-order valence-corrected chi connectivity index (χ0v) is 13.2. The number of halogens is 1. The lowest BCUT2D eigenvalue weighted by atomic mass is 10.2. The van der Waals surface area contributed by atoms with Crippen molar-refractivity contribution >= 4 is 17.5 Å². The standard InChI is InChI=1S/C16H17ClN2O3/c1-11-4-3-7-19(16(11)21)10-15(20)18-9-12-8-13(17)5-6-14(12)22-2/h3-8H,9-10H2,1-2H3,(H,18,20). The van der Waals surface area contributed by atoms with Crippen LogP contribution < -0.4 is 15.6 Å². The van der Waals surface area contributed by atoms with Crippen LogP contribution in [0.2, 0.25) is 5.02 Å². The highest BCUT2D eigenvalue weighted by Gasteiger charge is 2.08. The molecule has 0 aliphatic heterocycles. The molecule has 2 rings (SSSR count). The summed E-state index contributed by atoms with van der Waals surface area (Å²) in [6.45, 7) is 1.97. The van der Waals surface area contributed by atoms with Gasteiger partial charge in [0.15, 0.2) is 0 Å². The van der Waals surface area contributed by atoms with Crippen LogP contribution in [0.4, 0.5) is 0 Å². The summed E-state index contributed by atoms with van der Waals surface area (Å²) in [6.07, 6.45) is 1.59. The van der Waals surface area contributed by atoms with Crippen molar-refractivity contribution in [3.63, 3.8) is 0 Å². The minimum absolute atomic E-state index is 0.0244. The fraction of sp³-hybridized carbons (Fsp3) is 0.250. The number of carbonyl (C=O) groups excluding carboxylic acids is 1. The van der Waals surface area contributed by atoms with Crippen LogP contribution in [0.3, 0.4) is 0 Å². The number of hydrogen-bond donors (Lipinski definition) is 1. The number of nitrogens with zero attached hydrogens (tertiary/aromatic N) is 1. The Morgan fingerprint density at radius 1 is 1.36 bits per heavy atom. The van der Waals surface area contributed by atoms with E-state index >= 15 is 0 Å². The van der Waals surface area contributed by atoms with Gasteiger partial charge in [-0.2, -0.15) is 0 Å². The molecule has 0 aliphatic rings. The van der Waals surface area contributed by atoms with E-state index in [0.717, 1.165) is 5.56 Å². The lowest BCUT2D eigenvalue weighted by Crippen LogP contribution is -2.32. The summed E-state index contributed by atoms with van der Waals surface area (Å²) in [6, 6.07) is 8.66. The molecule has 2 aromatic rings. The first kappa shape index (κ1) is 16.1. The second-order valence-electron chi connectivity index (χ2n) is 4.86. The van der Waals surface area contributed by atoms with Gasteiger partial charge in [0, 0.05) is 28.9 Å². The van der Waals surface area contributed by atoms with E-state index in [1.165, 1.54) is 4.57 Å². The van der Waals surface area contributed by atoms with Gasteiger partial charge in [-0.05, 0) is 31.2 Å². The molecule has 5 nitrogen and oxygen atoms in total. The molecule has 1 amide bonds. The molecule has 0 saturated heterocycles. The van der Waals surface area contributed by atoms with Crippen LogP contribution in [0.25, 0.3) is 0 Å². The number of amides is 1. The fourth-order valence-electron chi connectivity index (χ4n) is 2.07. The SMILES string of the molecule is COc1ccc(Cl)cc1CNC(=O)Cn1cccc(C)c1=O. The van der Waals surface area contributed by atoms with Gasteiger partial charge in [0.25, 0.3) is 5.56 Å². The summed E-state index contributed by atoms with van der Waals surface area (Å²) in [5.41, 5.74) is 1.21. The molecule has 6 heteroatoms. The minimum Gasteiger partial charge on any atom is -0.496 e. The Labute approximate surface area is 133 Å². The quantitative estimate of drug-likeness (QED) is 0.918. The number of carbonyl (C=O) groups is 1. The van der Waals surface area contributed by atoms with E-state index in [1.54, 1.807) is 50.6 Å². The van der Waals surface area contributed by atoms with Crippen LogP contribution in [0.15, 0.2) is 41.3 Å². The van der Waals surface area contributed by atoms with E-state index in [4.69, 9.17) is 16.3 Å². The van der Waals surface area contributed by atoms with Crippen LogP contribution in [0, 0.1) is 6.92 Å². The third kappa shape index (κ3) is 3.89. The van der Waals surface area contributed by atoms with Crippen LogP contribution >= 0.6 is 11.6 Å². The lowest BCUT2D eigenvalue weighted by molar-refractivity contribution is -0.121. The van der Waals surface area contributed by atoms with Crippen molar-refractivity contribution in [2.24, 2.45) is 0 Å². The number of hydrogen-bond acceptors (Lipinski definition) is 3. The molecule has 0 radical (unpaired) electrons. The number of aromatic nitrogens is 1. The van der Waals surface area contributed by atoms with Crippen molar-refractivity contribution in [3.8, 4) is 5.75 Å². The molecule has 0 spiro atoms. The maximum Gasteiger partial charge on any atom is 0.253 e. The fourth-order valence-corrected chi connectivity index (χ4v) is 2.27. The molecular weight excluding hydrogens is 304 g/mol. The first-order valence-corrected chi connectivity index (χ1v) is 7.14. The van der Waals surface area contributed by atoms with Crippen LogP contribution in [-0.4, -0.2) is 17.6 Å². The molecule has 0 bridgehead atoms. The van der Waals surface area contributed by atoms with Gasteiger partial charge in [0.2, 0.25) is 5.91 Å². The van der Waals surface area contributed by atoms with Crippen molar-refractivity contribution in [1.29, 1.82) is 0 Å². The van der Waals surface area contributed by atoms with E-state index in [1.807, 2.05) is 0 Å². The van der Waals surface area contributed by atoms with E-state index in [-0.39, 0.29) is 24.6 Å². The predicted octanol–water partition coefficient (Wildman–Crippen LogP) is 2.14. The van der Waals surface area contributed by atoms with E-state index < -0.39 is 0 Å². The molecular formula is C16H17ClN2O3. The number of methoxy groups -OCH3 is 1. The van der Waals surface area contributed by atoms with Gasteiger partial charge in [-0.1, -0.05) is 17.7 Å². The zero-order valence-electron chi connectivity index (χ0n) is 12.4. The molecule has 22 heavy (non-hydrogen) atoms. The number of nitrogens with one attached hydrogen (secondary N) is 1. The topological polar surface area (TPSA) is 60.3 Å². The lowest BCUT2D eigenvalue weighted by Gasteiger charge is -2.11. The highest BCUT2D eigenvalue weighted by Crippen LogP contribution is 2.22. The number of pyridine rings is 1. The maximum absolute atomic E-state index is 12.0. The highest BCUT2D eigenvalue weighted by molar-refractivity contribution is 6.30. The molecule has 1 aromatic carbocycles. The summed E-state index contributed by atoms with van der Waals surface area (Å²) >= 11 is 5.94. The molecule has 0 saturated carbocycles. The molecule has 0 unspecified atom stereocenters. The molecule has 0 atom stereocenters. The first-order chi connectivity index (χ1) is 10.5. The molecule has 1 heterocycles. The smallest absolute Gasteiger partial charge is 0.253 e. The minimum atomic E-state index is -0.255. The number of rotatable bonds is 5. The number of ether oxygens (including phenoxy) is 1. The average Bonchev–Trinajstić information content (AvgIpc) is 2.50. The van der Waals surface area contributed by atoms with E-state index in [2.05, 4.69) is 5.32 Å². The second-order valence-corrected chi connectivity index (χ2v) is 5.29. The Kier molecular flexibility index (Phi) is 5.22. The van der Waals surface area contributed by atoms with E-state index in [9.17, 15) is 9.59 Å². The second kappa shape index (κ2) is 7.13. The molecule has 1 N–H and O–H groups in total. The summed E-state index contributed by atoms with van der Waals surface area (Å²) in [5.74, 6) is 0.396. The Morgan fingerprint density at radius 3 is 2.86 bits per heavy atom. The normalized spacial score (nSPS) is 10.3. The maximum atomic E-state index is 12.0. The predicted molar refractivity (Wildman–Crippen MR) is 85.3 cm³/mol. The third-order valence-electron chi connectivity index (χ3n) is 3.24. The van der Waals surface area contributed by atoms with Gasteiger partial charge in [0.05, 0.1) is 7.11 Å². The Hall–Kier alpha value is -2.27. The van der Waals surface area contributed by atoms with Crippen molar-refractivity contribution in [1.82, 2.24) is 9.88 Å². The summed E-state index contributed by atoms with van der Waals surface area (Å²) in [4.78, 5) is 23.9. The summed E-state index contributed by atoms with van der Waals surface area (Å²) in [5, 5.41) is 3.33. The Morgan fingerprint density at radius 2 is 2.14 bits per heavy atom. The van der Waals surface area contributed by atoms with Gasteiger partial charge in [0.1, 0.15) is 12.3 Å². The van der Waals surface area contributed by atoms with Crippen molar-refractivity contribution in [3.05, 3.63) is 63.0 Å². The van der Waals surface area contributed by atoms with Crippen molar-refractivity contribution < 1.29 is 9.53 Å². The van der Waals surface area contributed by atoms with E-state index in [0.29, 0.717) is 16.3 Å². The Balaban J connectivity index is 2.03. The molecule has 116 valence electrons. The van der Waals surface area contributed by atoms with Crippen molar-refractivity contribution in [2.45, 2.75) is 20.0 Å². The van der Waals surface area contributed by atoms with Gasteiger partial charge < -0.3 is 14.6 Å². The molecule has 0 fully saturated rings. The van der Waals surface area contributed by atoms with Gasteiger partial charge in [-0.25, -0.2) is 0 Å². The highest BCUT2D eigenvalue weighted by atomic mass is 35.5. The van der Waals surface area contributed by atoms with Gasteiger partial charge in [-0.15, -0.1) is 0 Å². The number of benzene rings is 1. The largest absolute Gasteiger partial charge is 0.496 e. The molecule has 0 aliphatic carbocycles. The van der Waals surface area contributed by atoms with Crippen LogP contribution in [0.5, 0.6) is 5.75 Å². The van der Waals surface area contributed by atoms with Crippen LogP contribution in [0.1, 0.15) is 11.1 Å². The van der Waals surface area contributed by atoms with Crippen LogP contribution in [-0.2, 0) is 17.9 Å². The average molecular weight is 321 g/mol. The van der Waals surface area contributed by atoms with Crippen molar-refractivity contribution in [2.75, 3.05) is 7.11 Å². The monoisotopic (exact) mass is 320 g/mol. The van der Waals surface area contributed by atoms with Gasteiger partial charge in [-0.3, -0.25) is 9.59 Å². The third-order valence-corrected chi connectivity index (χ3v) is 3.48. The number of aryl methyl sites for hydroxylation is 1. The molecule has 1 aromatic heterocycles.